The molecule has 0 heterocycles. The van der Waals surface area contributed by atoms with Gasteiger partial charge in [0.1, 0.15) is 12.4 Å². The van der Waals surface area contributed by atoms with E-state index in [2.05, 4.69) is 0 Å². The van der Waals surface area contributed by atoms with Crippen molar-refractivity contribution in [2.75, 3.05) is 6.61 Å². The minimum absolute atomic E-state index is 0.445. The molecule has 0 aliphatic carbocycles. The summed E-state index contributed by atoms with van der Waals surface area (Å²) in [6.45, 7) is 2.38. The first kappa shape index (κ1) is 13.1. The van der Waals surface area contributed by atoms with Crippen molar-refractivity contribution < 1.29 is 9.53 Å². The second kappa shape index (κ2) is 6.55. The van der Waals surface area contributed by atoms with Gasteiger partial charge in [0.2, 0.25) is 0 Å². The third-order valence-electron chi connectivity index (χ3n) is 2.80. The minimum atomic E-state index is 0.445. The molecule has 0 aromatic heterocycles. The average Bonchev–Trinajstić information content (AvgIpc) is 2.46. The van der Waals surface area contributed by atoms with E-state index in [4.69, 9.17) is 4.74 Å². The van der Waals surface area contributed by atoms with E-state index >= 15 is 0 Å². The number of hydrogen-bond acceptors (Lipinski definition) is 2. The predicted octanol–water partition coefficient (Wildman–Crippen LogP) is 3.90. The SMILES string of the molecule is Cc1cccc(C=O)c1OC/C=C/c1ccccc1. The summed E-state index contributed by atoms with van der Waals surface area (Å²) >= 11 is 0. The number of aryl methyl sites for hydroxylation is 1. The van der Waals surface area contributed by atoms with Crippen molar-refractivity contribution >= 4 is 12.4 Å². The first-order chi connectivity index (χ1) is 9.31. The van der Waals surface area contributed by atoms with Gasteiger partial charge in [-0.05, 0) is 30.2 Å². The number of carbonyl (C=O) groups is 1. The van der Waals surface area contributed by atoms with E-state index in [1.54, 1.807) is 6.07 Å². The van der Waals surface area contributed by atoms with E-state index in [1.165, 1.54) is 0 Å². The van der Waals surface area contributed by atoms with Crippen LogP contribution in [0.5, 0.6) is 5.75 Å². The van der Waals surface area contributed by atoms with E-state index in [0.29, 0.717) is 17.9 Å². The summed E-state index contributed by atoms with van der Waals surface area (Å²) in [5, 5.41) is 0. The largest absolute Gasteiger partial charge is 0.488 e. The standard InChI is InChI=1S/C17H16O2/c1-14-7-5-11-16(13-18)17(14)19-12-6-10-15-8-3-2-4-9-15/h2-11,13H,12H2,1H3/b10-6+. The Morgan fingerprint density at radius 3 is 2.58 bits per heavy atom. The lowest BCUT2D eigenvalue weighted by atomic mass is 10.1. The van der Waals surface area contributed by atoms with Gasteiger partial charge in [-0.3, -0.25) is 4.79 Å². The third-order valence-corrected chi connectivity index (χ3v) is 2.80. The van der Waals surface area contributed by atoms with E-state index in [0.717, 1.165) is 17.4 Å². The van der Waals surface area contributed by atoms with Crippen LogP contribution in [0.4, 0.5) is 0 Å². The Morgan fingerprint density at radius 2 is 1.84 bits per heavy atom. The molecule has 0 aliphatic rings. The summed E-state index contributed by atoms with van der Waals surface area (Å²) in [5.74, 6) is 0.662. The molecule has 0 bridgehead atoms. The molecule has 96 valence electrons. The molecule has 19 heavy (non-hydrogen) atoms. The van der Waals surface area contributed by atoms with Crippen molar-refractivity contribution in [3.8, 4) is 5.75 Å². The highest BCUT2D eigenvalue weighted by Gasteiger charge is 2.04. The molecule has 2 nitrogen and oxygen atoms in total. The lowest BCUT2D eigenvalue weighted by Crippen LogP contribution is -1.99. The molecule has 0 saturated heterocycles. The molecule has 2 heteroatoms. The van der Waals surface area contributed by atoms with Gasteiger partial charge in [0.05, 0.1) is 5.56 Å². The number of hydrogen-bond donors (Lipinski definition) is 0. The molecule has 2 rings (SSSR count). The summed E-state index contributed by atoms with van der Waals surface area (Å²) in [5.41, 5.74) is 2.69. The zero-order valence-corrected chi connectivity index (χ0v) is 10.9. The summed E-state index contributed by atoms with van der Waals surface area (Å²) < 4.78 is 5.66. The number of rotatable bonds is 5. The Kier molecular flexibility index (Phi) is 4.51. The summed E-state index contributed by atoms with van der Waals surface area (Å²) in [7, 11) is 0. The fourth-order valence-electron chi connectivity index (χ4n) is 1.84. The maximum atomic E-state index is 10.9. The van der Waals surface area contributed by atoms with Gasteiger partial charge in [0.25, 0.3) is 0 Å². The van der Waals surface area contributed by atoms with Gasteiger partial charge in [-0.15, -0.1) is 0 Å². The monoisotopic (exact) mass is 252 g/mol. The molecule has 0 N–H and O–H groups in total. The molecule has 0 fully saturated rings. The molecule has 0 radical (unpaired) electrons. The zero-order chi connectivity index (χ0) is 13.5. The maximum Gasteiger partial charge on any atom is 0.153 e. The van der Waals surface area contributed by atoms with Crippen LogP contribution >= 0.6 is 0 Å². The van der Waals surface area contributed by atoms with Crippen molar-refractivity contribution in [3.05, 3.63) is 71.3 Å². The average molecular weight is 252 g/mol. The Hall–Kier alpha value is -2.35. The van der Waals surface area contributed by atoms with Crippen LogP contribution in [-0.4, -0.2) is 12.9 Å². The van der Waals surface area contributed by atoms with Gasteiger partial charge in [-0.1, -0.05) is 48.5 Å². The minimum Gasteiger partial charge on any atom is -0.488 e. The molecule has 2 aromatic rings. The molecule has 2 aromatic carbocycles. The van der Waals surface area contributed by atoms with Crippen molar-refractivity contribution in [2.24, 2.45) is 0 Å². The fraction of sp³-hybridized carbons (Fsp3) is 0.118. The van der Waals surface area contributed by atoms with Gasteiger partial charge >= 0.3 is 0 Å². The van der Waals surface area contributed by atoms with E-state index < -0.39 is 0 Å². The number of ether oxygens (including phenoxy) is 1. The second-order valence-electron chi connectivity index (χ2n) is 4.24. The summed E-state index contributed by atoms with van der Waals surface area (Å²) in [6, 6.07) is 15.6. The molecule has 0 atom stereocenters. The third kappa shape index (κ3) is 3.55. The number of benzene rings is 2. The maximum absolute atomic E-state index is 10.9. The predicted molar refractivity (Wildman–Crippen MR) is 77.5 cm³/mol. The lowest BCUT2D eigenvalue weighted by molar-refractivity contribution is 0.112. The van der Waals surface area contributed by atoms with Crippen molar-refractivity contribution in [2.45, 2.75) is 6.92 Å². The van der Waals surface area contributed by atoms with Crippen LogP contribution in [0.2, 0.25) is 0 Å². The molecule has 0 aliphatic heterocycles. The van der Waals surface area contributed by atoms with Crippen LogP contribution in [0.1, 0.15) is 21.5 Å². The normalized spacial score (nSPS) is 10.6. The van der Waals surface area contributed by atoms with E-state index in [9.17, 15) is 4.79 Å². The highest BCUT2D eigenvalue weighted by atomic mass is 16.5. The van der Waals surface area contributed by atoms with Gasteiger partial charge in [-0.2, -0.15) is 0 Å². The molecule has 0 amide bonds. The molecule has 0 spiro atoms. The van der Waals surface area contributed by atoms with Gasteiger partial charge in [0.15, 0.2) is 6.29 Å². The van der Waals surface area contributed by atoms with Crippen LogP contribution in [-0.2, 0) is 0 Å². The highest BCUT2D eigenvalue weighted by Crippen LogP contribution is 2.21. The Balaban J connectivity index is 2.00. The molecule has 0 unspecified atom stereocenters. The van der Waals surface area contributed by atoms with E-state index in [-0.39, 0.29) is 0 Å². The number of para-hydroxylation sites is 1. The van der Waals surface area contributed by atoms with Gasteiger partial charge in [0, 0.05) is 0 Å². The number of aldehydes is 1. The van der Waals surface area contributed by atoms with Crippen molar-refractivity contribution in [1.82, 2.24) is 0 Å². The van der Waals surface area contributed by atoms with Crippen LogP contribution in [0, 0.1) is 6.92 Å². The zero-order valence-electron chi connectivity index (χ0n) is 10.9. The van der Waals surface area contributed by atoms with E-state index in [1.807, 2.05) is 61.5 Å². The first-order valence-electron chi connectivity index (χ1n) is 6.20. The summed E-state index contributed by atoms with van der Waals surface area (Å²) in [6.07, 6.45) is 4.76. The van der Waals surface area contributed by atoms with Crippen LogP contribution in [0.25, 0.3) is 6.08 Å². The molecule has 0 saturated carbocycles. The smallest absolute Gasteiger partial charge is 0.153 e. The van der Waals surface area contributed by atoms with Crippen molar-refractivity contribution in [3.63, 3.8) is 0 Å². The van der Waals surface area contributed by atoms with Crippen molar-refractivity contribution in [1.29, 1.82) is 0 Å². The quantitative estimate of drug-likeness (QED) is 0.754. The second-order valence-corrected chi connectivity index (χ2v) is 4.24. The van der Waals surface area contributed by atoms with Crippen LogP contribution in [0.3, 0.4) is 0 Å². The molecular weight excluding hydrogens is 236 g/mol. The Labute approximate surface area is 113 Å². The Bertz CT molecular complexity index is 571. The fourth-order valence-corrected chi connectivity index (χ4v) is 1.84. The number of carbonyl (C=O) groups excluding carboxylic acids is 1. The highest BCUT2D eigenvalue weighted by molar-refractivity contribution is 5.80. The first-order valence-corrected chi connectivity index (χ1v) is 6.20. The van der Waals surface area contributed by atoms with Crippen LogP contribution < -0.4 is 4.74 Å². The topological polar surface area (TPSA) is 26.3 Å². The summed E-state index contributed by atoms with van der Waals surface area (Å²) in [4.78, 5) is 10.9. The van der Waals surface area contributed by atoms with Gasteiger partial charge in [-0.25, -0.2) is 0 Å². The van der Waals surface area contributed by atoms with Gasteiger partial charge < -0.3 is 4.74 Å². The Morgan fingerprint density at radius 1 is 1.05 bits per heavy atom. The molecular formula is C17H16O2. The lowest BCUT2D eigenvalue weighted by Gasteiger charge is -2.09. The van der Waals surface area contributed by atoms with Crippen LogP contribution in [0.15, 0.2) is 54.6 Å².